The van der Waals surface area contributed by atoms with E-state index in [1.807, 2.05) is 0 Å². The van der Waals surface area contributed by atoms with Gasteiger partial charge in [-0.1, -0.05) is 63.3 Å². The summed E-state index contributed by atoms with van der Waals surface area (Å²) in [7, 11) is 0. The number of carbonyl (C=O) groups is 1. The molecule has 178 valence electrons. The van der Waals surface area contributed by atoms with Gasteiger partial charge in [0.25, 0.3) is 0 Å². The molecule has 1 aromatic carbocycles. The Morgan fingerprint density at radius 1 is 1.00 bits per heavy atom. The maximum absolute atomic E-state index is 14.2. The van der Waals surface area contributed by atoms with Gasteiger partial charge in [-0.05, 0) is 56.7 Å². The first kappa shape index (κ1) is 27.4. The number of allylic oxidation sites excluding steroid dienone is 4. The molecule has 0 fully saturated rings. The number of hydrogen-bond donors (Lipinski definition) is 4. The van der Waals surface area contributed by atoms with Crippen LogP contribution in [0.4, 0.5) is 10.1 Å². The van der Waals surface area contributed by atoms with Crippen LogP contribution in [0.3, 0.4) is 0 Å². The second-order valence-electron chi connectivity index (χ2n) is 7.85. The van der Waals surface area contributed by atoms with Crippen LogP contribution in [0, 0.1) is 5.82 Å². The number of amidine groups is 1. The van der Waals surface area contributed by atoms with Crippen LogP contribution in [-0.2, 0) is 4.79 Å². The van der Waals surface area contributed by atoms with Crippen molar-refractivity contribution < 1.29 is 9.18 Å². The number of amides is 1. The number of nitrogens with two attached hydrogens (primary N) is 2. The predicted octanol–water partition coefficient (Wildman–Crippen LogP) is 5.66. The zero-order valence-electron chi connectivity index (χ0n) is 19.4. The highest BCUT2D eigenvalue weighted by Gasteiger charge is 2.10. The third-order valence-electron chi connectivity index (χ3n) is 5.14. The molecule has 6 N–H and O–H groups in total. The normalized spacial score (nSPS) is 12.0. The highest BCUT2D eigenvalue weighted by molar-refractivity contribution is 5.99. The summed E-state index contributed by atoms with van der Waals surface area (Å²) in [6.07, 6.45) is 21.9. The number of benzene rings is 1. The van der Waals surface area contributed by atoms with E-state index >= 15 is 0 Å². The monoisotopic (exact) mass is 445 g/mol. The molecule has 0 saturated heterocycles. The van der Waals surface area contributed by atoms with Crippen LogP contribution in [0.25, 0.3) is 0 Å². The number of rotatable bonds is 16. The lowest BCUT2D eigenvalue weighted by Gasteiger charge is -2.09. The quantitative estimate of drug-likeness (QED) is 0.0657. The number of unbranched alkanes of at least 4 members (excludes halogenated alkanes) is 8. The molecular formula is C25H40FN5O. The van der Waals surface area contributed by atoms with Gasteiger partial charge in [-0.25, -0.2) is 10.2 Å². The third kappa shape index (κ3) is 12.2. The van der Waals surface area contributed by atoms with E-state index in [9.17, 15) is 9.18 Å². The first-order valence-electron chi connectivity index (χ1n) is 11.8. The Bertz CT molecular complexity index is 746. The van der Waals surface area contributed by atoms with Crippen molar-refractivity contribution in [1.29, 1.82) is 0 Å². The van der Waals surface area contributed by atoms with Crippen molar-refractivity contribution in [3.63, 3.8) is 0 Å². The lowest BCUT2D eigenvalue weighted by molar-refractivity contribution is -0.116. The Balaban J connectivity index is 2.10. The lowest BCUT2D eigenvalue weighted by atomic mass is 10.1. The van der Waals surface area contributed by atoms with Crippen LogP contribution in [0.1, 0.15) is 89.5 Å². The number of nitrogens with zero attached hydrogens (tertiary/aromatic N) is 1. The zero-order chi connectivity index (χ0) is 23.4. The minimum atomic E-state index is -0.563. The van der Waals surface area contributed by atoms with Crippen molar-refractivity contribution in [2.45, 2.75) is 84.0 Å². The lowest BCUT2D eigenvalue weighted by Crippen LogP contribution is -2.32. The van der Waals surface area contributed by atoms with Gasteiger partial charge in [-0.2, -0.15) is 5.10 Å². The number of hydrazine groups is 1. The van der Waals surface area contributed by atoms with Crippen LogP contribution < -0.4 is 22.4 Å². The molecule has 0 aliphatic heterocycles. The van der Waals surface area contributed by atoms with Crippen LogP contribution in [0.5, 0.6) is 0 Å². The molecule has 0 aliphatic carbocycles. The van der Waals surface area contributed by atoms with Gasteiger partial charge < -0.3 is 16.6 Å². The van der Waals surface area contributed by atoms with Gasteiger partial charge in [-0.3, -0.25) is 4.79 Å². The van der Waals surface area contributed by atoms with Gasteiger partial charge in [0.1, 0.15) is 5.82 Å². The molecule has 1 aromatic rings. The van der Waals surface area contributed by atoms with Gasteiger partial charge >= 0.3 is 0 Å². The van der Waals surface area contributed by atoms with Gasteiger partial charge in [0, 0.05) is 12.0 Å². The van der Waals surface area contributed by atoms with E-state index in [0.29, 0.717) is 12.0 Å². The molecular weight excluding hydrogens is 405 g/mol. The summed E-state index contributed by atoms with van der Waals surface area (Å²) >= 11 is 0. The van der Waals surface area contributed by atoms with Gasteiger partial charge in [0.2, 0.25) is 5.91 Å². The first-order valence-corrected chi connectivity index (χ1v) is 11.8. The van der Waals surface area contributed by atoms with E-state index < -0.39 is 5.82 Å². The number of carbonyl (C=O) groups excluding carboxylic acids is 1. The summed E-state index contributed by atoms with van der Waals surface area (Å²) in [6, 6.07) is 4.28. The molecule has 32 heavy (non-hydrogen) atoms. The molecule has 0 bridgehead atoms. The molecule has 0 radical (unpaired) electrons. The average molecular weight is 446 g/mol. The second kappa shape index (κ2) is 18.0. The molecule has 1 rings (SSSR count). The average Bonchev–Trinajstić information content (AvgIpc) is 2.79. The Morgan fingerprint density at radius 2 is 1.66 bits per heavy atom. The second-order valence-corrected chi connectivity index (χ2v) is 7.85. The van der Waals surface area contributed by atoms with E-state index in [-0.39, 0.29) is 17.4 Å². The molecule has 0 saturated carbocycles. The molecule has 0 aromatic heterocycles. The molecule has 7 heteroatoms. The predicted molar refractivity (Wildman–Crippen MR) is 132 cm³/mol. The maximum atomic E-state index is 14.2. The SMILES string of the molecule is CCCCC/C=C\C/C=C\CCCCCCCC(=O)Nc1ccc(/C(=N/N)NN)cc1F. The van der Waals surface area contributed by atoms with E-state index in [2.05, 4.69) is 47.1 Å². The summed E-state index contributed by atoms with van der Waals surface area (Å²) in [5, 5.41) is 6.04. The standard InChI is InChI=1S/C25H40FN5O/c1-2-3-4-5-6-7-8-9-10-11-12-13-14-15-16-17-24(32)29-23-19-18-21(20-22(23)26)25(30-27)31-28/h6-7,9-10,18-20H,2-5,8,11-17,27-28H2,1H3,(H,29,32)(H,30,31)/b7-6-,10-9-. The van der Waals surface area contributed by atoms with E-state index in [1.54, 1.807) is 6.07 Å². The summed E-state index contributed by atoms with van der Waals surface area (Å²) < 4.78 is 14.2. The van der Waals surface area contributed by atoms with Crippen LogP contribution in [0.2, 0.25) is 0 Å². The number of hydrogen-bond acceptors (Lipinski definition) is 4. The topological polar surface area (TPSA) is 106 Å². The van der Waals surface area contributed by atoms with E-state index in [1.165, 1.54) is 44.2 Å². The summed E-state index contributed by atoms with van der Waals surface area (Å²) in [4.78, 5) is 12.1. The fraction of sp³-hybridized carbons (Fsp3) is 0.520. The van der Waals surface area contributed by atoms with Crippen molar-refractivity contribution in [2.75, 3.05) is 5.32 Å². The highest BCUT2D eigenvalue weighted by atomic mass is 19.1. The fourth-order valence-electron chi connectivity index (χ4n) is 3.27. The zero-order valence-corrected chi connectivity index (χ0v) is 19.4. The fourth-order valence-corrected chi connectivity index (χ4v) is 3.27. The van der Waals surface area contributed by atoms with Crippen LogP contribution >= 0.6 is 0 Å². The molecule has 0 heterocycles. The Labute approximate surface area is 192 Å². The number of anilines is 1. The number of halogens is 1. The van der Waals surface area contributed by atoms with Crippen LogP contribution in [-0.4, -0.2) is 11.7 Å². The molecule has 6 nitrogen and oxygen atoms in total. The summed E-state index contributed by atoms with van der Waals surface area (Å²) in [5.41, 5.74) is 2.83. The minimum absolute atomic E-state index is 0.134. The van der Waals surface area contributed by atoms with Crippen molar-refractivity contribution in [3.05, 3.63) is 53.9 Å². The maximum Gasteiger partial charge on any atom is 0.224 e. The van der Waals surface area contributed by atoms with Crippen molar-refractivity contribution in [1.82, 2.24) is 5.43 Å². The number of hydrazone groups is 1. The minimum Gasteiger partial charge on any atom is -0.324 e. The Kier molecular flexibility index (Phi) is 15.4. The largest absolute Gasteiger partial charge is 0.324 e. The molecule has 0 spiro atoms. The first-order chi connectivity index (χ1) is 15.6. The summed E-state index contributed by atoms with van der Waals surface area (Å²) in [5.74, 6) is 9.86. The Hall–Kier alpha value is -2.67. The third-order valence-corrected chi connectivity index (χ3v) is 5.14. The van der Waals surface area contributed by atoms with Gasteiger partial charge in [-0.15, -0.1) is 0 Å². The number of nitrogens with one attached hydrogen (secondary N) is 2. The van der Waals surface area contributed by atoms with Crippen LogP contribution in [0.15, 0.2) is 47.6 Å². The summed E-state index contributed by atoms with van der Waals surface area (Å²) in [6.45, 7) is 2.23. The van der Waals surface area contributed by atoms with Crippen molar-refractivity contribution in [2.24, 2.45) is 16.8 Å². The Morgan fingerprint density at radius 3 is 2.28 bits per heavy atom. The molecule has 1 amide bonds. The van der Waals surface area contributed by atoms with E-state index in [4.69, 9.17) is 11.7 Å². The molecule has 0 aliphatic rings. The van der Waals surface area contributed by atoms with Gasteiger partial charge in [0.05, 0.1) is 5.69 Å². The smallest absolute Gasteiger partial charge is 0.224 e. The van der Waals surface area contributed by atoms with E-state index in [0.717, 1.165) is 38.5 Å². The molecule has 0 atom stereocenters. The highest BCUT2D eigenvalue weighted by Crippen LogP contribution is 2.17. The van der Waals surface area contributed by atoms with Crippen molar-refractivity contribution >= 4 is 17.4 Å². The van der Waals surface area contributed by atoms with Crippen molar-refractivity contribution in [3.8, 4) is 0 Å². The van der Waals surface area contributed by atoms with Gasteiger partial charge in [0.15, 0.2) is 5.84 Å². The molecule has 0 unspecified atom stereocenters.